The fourth-order valence-electron chi connectivity index (χ4n) is 1.90. The average Bonchev–Trinajstić information content (AvgIpc) is 2.85. The normalized spacial score (nSPS) is 17.4. The first kappa shape index (κ1) is 11.6. The molecular weight excluding hydrogens is 272 g/mol. The quantitative estimate of drug-likeness (QED) is 0.838. The van der Waals surface area contributed by atoms with Crippen LogP contribution in [0.25, 0.3) is 0 Å². The van der Waals surface area contributed by atoms with E-state index in [2.05, 4.69) is 37.6 Å². The van der Waals surface area contributed by atoms with E-state index in [0.717, 1.165) is 13.1 Å². The first-order valence-corrected chi connectivity index (χ1v) is 7.18. The van der Waals surface area contributed by atoms with Crippen molar-refractivity contribution in [2.75, 3.05) is 26.2 Å². The van der Waals surface area contributed by atoms with Gasteiger partial charge in [0.25, 0.3) is 0 Å². The Morgan fingerprint density at radius 2 is 2.20 bits per heavy atom. The zero-order valence-corrected chi connectivity index (χ0v) is 11.2. The van der Waals surface area contributed by atoms with E-state index < -0.39 is 0 Å². The van der Waals surface area contributed by atoms with Gasteiger partial charge < -0.3 is 10.2 Å². The van der Waals surface area contributed by atoms with Crippen LogP contribution in [0.2, 0.25) is 0 Å². The van der Waals surface area contributed by atoms with Crippen LogP contribution in [-0.4, -0.2) is 31.1 Å². The van der Waals surface area contributed by atoms with Crippen LogP contribution in [0, 0.1) is 0 Å². The summed E-state index contributed by atoms with van der Waals surface area (Å²) in [5.74, 6) is 0. The van der Waals surface area contributed by atoms with Crippen LogP contribution in [0.3, 0.4) is 0 Å². The lowest BCUT2D eigenvalue weighted by Crippen LogP contribution is -2.29. The molecule has 1 aliphatic rings. The summed E-state index contributed by atoms with van der Waals surface area (Å²) in [6.07, 6.45) is 2.77. The maximum Gasteiger partial charge on any atom is 0.0327 e. The van der Waals surface area contributed by atoms with Crippen molar-refractivity contribution < 1.29 is 0 Å². The van der Waals surface area contributed by atoms with Gasteiger partial charge in [-0.1, -0.05) is 0 Å². The van der Waals surface area contributed by atoms with Gasteiger partial charge in [-0.2, -0.15) is 0 Å². The molecule has 0 unspecified atom stereocenters. The van der Waals surface area contributed by atoms with Crippen LogP contribution >= 0.6 is 27.3 Å². The van der Waals surface area contributed by atoms with Gasteiger partial charge in [-0.15, -0.1) is 11.3 Å². The topological polar surface area (TPSA) is 15.3 Å². The maximum atomic E-state index is 3.54. The van der Waals surface area contributed by atoms with Crippen LogP contribution in [0.4, 0.5) is 0 Å². The van der Waals surface area contributed by atoms with Crippen molar-refractivity contribution in [2.24, 2.45) is 0 Å². The summed E-state index contributed by atoms with van der Waals surface area (Å²) in [6, 6.07) is 2.11. The molecule has 0 bridgehead atoms. The van der Waals surface area contributed by atoms with Crippen molar-refractivity contribution in [3.8, 4) is 0 Å². The molecule has 0 atom stereocenters. The lowest BCUT2D eigenvalue weighted by atomic mass is 10.4. The summed E-state index contributed by atoms with van der Waals surface area (Å²) >= 11 is 5.35. The van der Waals surface area contributed by atoms with E-state index in [1.165, 1.54) is 41.8 Å². The molecule has 0 spiro atoms. The van der Waals surface area contributed by atoms with Gasteiger partial charge in [0, 0.05) is 29.0 Å². The molecule has 0 saturated carbocycles. The van der Waals surface area contributed by atoms with Crippen molar-refractivity contribution in [1.29, 1.82) is 0 Å². The molecule has 0 aromatic carbocycles. The highest BCUT2D eigenvalue weighted by molar-refractivity contribution is 9.10. The molecule has 1 N–H and O–H groups in total. The van der Waals surface area contributed by atoms with E-state index in [1.807, 2.05) is 11.3 Å². The number of likely N-dealkylation sites (tertiary alicyclic amines) is 1. The molecule has 15 heavy (non-hydrogen) atoms. The minimum atomic E-state index is 0.992. The van der Waals surface area contributed by atoms with E-state index in [1.54, 1.807) is 0 Å². The molecule has 2 rings (SSSR count). The Kier molecular flexibility index (Phi) is 4.62. The van der Waals surface area contributed by atoms with Gasteiger partial charge in [-0.25, -0.2) is 0 Å². The smallest absolute Gasteiger partial charge is 0.0327 e. The fraction of sp³-hybridized carbons (Fsp3) is 0.636. The average molecular weight is 289 g/mol. The molecule has 1 aliphatic heterocycles. The molecule has 1 saturated heterocycles. The summed E-state index contributed by atoms with van der Waals surface area (Å²) in [4.78, 5) is 3.94. The summed E-state index contributed by atoms with van der Waals surface area (Å²) in [5, 5.41) is 5.62. The van der Waals surface area contributed by atoms with Crippen molar-refractivity contribution >= 4 is 27.3 Å². The maximum absolute atomic E-state index is 3.54. The van der Waals surface area contributed by atoms with Crippen LogP contribution in [0.5, 0.6) is 0 Å². The number of nitrogens with zero attached hydrogens (tertiary/aromatic N) is 1. The van der Waals surface area contributed by atoms with E-state index in [4.69, 9.17) is 0 Å². The monoisotopic (exact) mass is 288 g/mol. The zero-order chi connectivity index (χ0) is 10.5. The number of hydrogen-bond acceptors (Lipinski definition) is 3. The molecule has 2 nitrogen and oxygen atoms in total. The minimum Gasteiger partial charge on any atom is -0.311 e. The number of nitrogens with one attached hydrogen (secondary N) is 1. The molecule has 2 heterocycles. The first-order chi connectivity index (χ1) is 7.36. The zero-order valence-electron chi connectivity index (χ0n) is 8.84. The molecule has 0 radical (unpaired) electrons. The highest BCUT2D eigenvalue weighted by atomic mass is 79.9. The van der Waals surface area contributed by atoms with Gasteiger partial charge in [0.1, 0.15) is 0 Å². The Morgan fingerprint density at radius 3 is 2.87 bits per heavy atom. The number of thiophene rings is 1. The standard InChI is InChI=1S/C11H17BrN2S/c12-10-3-8-15-11(10)9-13-4-7-14-5-1-2-6-14/h3,8,13H,1-2,4-7,9H2. The molecule has 1 aromatic heterocycles. The van der Waals surface area contributed by atoms with Gasteiger partial charge in [-0.3, -0.25) is 0 Å². The third-order valence-corrected chi connectivity index (χ3v) is 4.71. The molecule has 0 aliphatic carbocycles. The fourth-order valence-corrected chi connectivity index (χ4v) is 3.36. The highest BCUT2D eigenvalue weighted by Gasteiger charge is 2.10. The molecule has 1 fully saturated rings. The molecule has 0 amide bonds. The SMILES string of the molecule is Brc1ccsc1CNCCN1CCCC1. The molecular formula is C11H17BrN2S. The molecule has 4 heteroatoms. The van der Waals surface area contributed by atoms with E-state index in [0.29, 0.717) is 0 Å². The predicted molar refractivity (Wildman–Crippen MR) is 69.4 cm³/mol. The predicted octanol–water partition coefficient (Wildman–Crippen LogP) is 2.70. The Balaban J connectivity index is 1.60. The van der Waals surface area contributed by atoms with Gasteiger partial charge in [0.05, 0.1) is 0 Å². The lowest BCUT2D eigenvalue weighted by Gasteiger charge is -2.14. The Bertz CT molecular complexity index is 295. The van der Waals surface area contributed by atoms with Crippen LogP contribution < -0.4 is 5.32 Å². The van der Waals surface area contributed by atoms with E-state index in [-0.39, 0.29) is 0 Å². The van der Waals surface area contributed by atoms with Crippen LogP contribution in [0.1, 0.15) is 17.7 Å². The molecule has 1 aromatic rings. The Labute approximate surface area is 104 Å². The largest absolute Gasteiger partial charge is 0.311 e. The number of halogens is 1. The minimum absolute atomic E-state index is 0.992. The van der Waals surface area contributed by atoms with Gasteiger partial charge in [0.2, 0.25) is 0 Å². The Hall–Kier alpha value is 0.1000. The summed E-state index contributed by atoms with van der Waals surface area (Å²) < 4.78 is 1.24. The van der Waals surface area contributed by atoms with Gasteiger partial charge in [-0.05, 0) is 53.3 Å². The van der Waals surface area contributed by atoms with Crippen LogP contribution in [0.15, 0.2) is 15.9 Å². The summed E-state index contributed by atoms with van der Waals surface area (Å²) in [5.41, 5.74) is 0. The summed E-state index contributed by atoms with van der Waals surface area (Å²) in [7, 11) is 0. The summed E-state index contributed by atoms with van der Waals surface area (Å²) in [6.45, 7) is 5.88. The van der Waals surface area contributed by atoms with E-state index in [9.17, 15) is 0 Å². The van der Waals surface area contributed by atoms with Gasteiger partial charge in [0.15, 0.2) is 0 Å². The number of hydrogen-bond donors (Lipinski definition) is 1. The second-order valence-corrected chi connectivity index (χ2v) is 5.77. The third kappa shape index (κ3) is 3.55. The second kappa shape index (κ2) is 5.99. The Morgan fingerprint density at radius 1 is 1.40 bits per heavy atom. The van der Waals surface area contributed by atoms with Crippen molar-refractivity contribution in [2.45, 2.75) is 19.4 Å². The van der Waals surface area contributed by atoms with Gasteiger partial charge >= 0.3 is 0 Å². The number of rotatable bonds is 5. The third-order valence-electron chi connectivity index (χ3n) is 2.78. The first-order valence-electron chi connectivity index (χ1n) is 5.51. The van der Waals surface area contributed by atoms with Crippen LogP contribution in [-0.2, 0) is 6.54 Å². The van der Waals surface area contributed by atoms with Crippen molar-refractivity contribution in [3.05, 3.63) is 20.8 Å². The van der Waals surface area contributed by atoms with Crippen molar-refractivity contribution in [1.82, 2.24) is 10.2 Å². The van der Waals surface area contributed by atoms with E-state index >= 15 is 0 Å². The molecule has 84 valence electrons. The second-order valence-electron chi connectivity index (χ2n) is 3.92. The van der Waals surface area contributed by atoms with Crippen molar-refractivity contribution in [3.63, 3.8) is 0 Å². The lowest BCUT2D eigenvalue weighted by molar-refractivity contribution is 0.336. The highest BCUT2D eigenvalue weighted by Crippen LogP contribution is 2.21.